The number of methoxy groups -OCH3 is 1. The van der Waals surface area contributed by atoms with Crippen molar-refractivity contribution < 1.29 is 18.7 Å². The lowest BCUT2D eigenvalue weighted by atomic mass is 10.0. The monoisotopic (exact) mass is 446 g/mol. The quantitative estimate of drug-likeness (QED) is 0.526. The molecule has 1 N–H and O–H groups in total. The first-order valence-electron chi connectivity index (χ1n) is 11.4. The number of carbonyl (C=O) groups excluding carboxylic acids is 2. The van der Waals surface area contributed by atoms with Crippen LogP contribution in [0.4, 0.5) is 0 Å². The molecule has 172 valence electrons. The topological polar surface area (TPSA) is 71.8 Å². The number of nitrogens with zero attached hydrogens (tertiary/aromatic N) is 1. The minimum atomic E-state index is -0.810. The van der Waals surface area contributed by atoms with Gasteiger partial charge in [-0.25, -0.2) is 0 Å². The largest absolute Gasteiger partial charge is 0.497 e. The van der Waals surface area contributed by atoms with Gasteiger partial charge in [0, 0.05) is 12.6 Å². The number of benzene rings is 2. The van der Waals surface area contributed by atoms with Crippen molar-refractivity contribution in [1.29, 1.82) is 0 Å². The fourth-order valence-corrected chi connectivity index (χ4v) is 4.32. The normalized spacial score (nSPS) is 14.6. The summed E-state index contributed by atoms with van der Waals surface area (Å²) in [5, 5.41) is 3.19. The van der Waals surface area contributed by atoms with Crippen molar-refractivity contribution in [2.24, 2.45) is 0 Å². The molecule has 4 rings (SSSR count). The van der Waals surface area contributed by atoms with Gasteiger partial charge in [-0.2, -0.15) is 0 Å². The molecule has 0 spiro atoms. The molecule has 6 heteroatoms. The van der Waals surface area contributed by atoms with Gasteiger partial charge < -0.3 is 19.4 Å². The number of nitrogens with one attached hydrogen (secondary N) is 1. The van der Waals surface area contributed by atoms with Crippen LogP contribution in [0.15, 0.2) is 71.3 Å². The zero-order valence-electron chi connectivity index (χ0n) is 19.1. The predicted molar refractivity (Wildman–Crippen MR) is 126 cm³/mol. The van der Waals surface area contributed by atoms with Gasteiger partial charge in [0.05, 0.1) is 13.4 Å². The van der Waals surface area contributed by atoms with Crippen LogP contribution in [-0.4, -0.2) is 29.9 Å². The summed E-state index contributed by atoms with van der Waals surface area (Å²) < 4.78 is 10.7. The van der Waals surface area contributed by atoms with E-state index < -0.39 is 6.04 Å². The molecular weight excluding hydrogens is 416 g/mol. The molecule has 0 unspecified atom stereocenters. The highest BCUT2D eigenvalue weighted by atomic mass is 16.5. The van der Waals surface area contributed by atoms with Crippen LogP contribution in [-0.2, 0) is 11.3 Å². The van der Waals surface area contributed by atoms with Crippen LogP contribution in [0.2, 0.25) is 0 Å². The van der Waals surface area contributed by atoms with Gasteiger partial charge in [0.1, 0.15) is 11.8 Å². The highest BCUT2D eigenvalue weighted by Crippen LogP contribution is 2.29. The fourth-order valence-electron chi connectivity index (χ4n) is 4.32. The molecule has 33 heavy (non-hydrogen) atoms. The van der Waals surface area contributed by atoms with E-state index in [9.17, 15) is 9.59 Å². The molecule has 1 aliphatic carbocycles. The van der Waals surface area contributed by atoms with Crippen molar-refractivity contribution in [3.05, 3.63) is 89.4 Å². The third-order valence-electron chi connectivity index (χ3n) is 6.16. The number of hydrogen-bond donors (Lipinski definition) is 1. The van der Waals surface area contributed by atoms with Crippen molar-refractivity contribution in [2.75, 3.05) is 7.11 Å². The molecule has 1 fully saturated rings. The van der Waals surface area contributed by atoms with Gasteiger partial charge in [0.25, 0.3) is 5.91 Å². The van der Waals surface area contributed by atoms with Gasteiger partial charge in [-0.15, -0.1) is 0 Å². The molecule has 6 nitrogen and oxygen atoms in total. The van der Waals surface area contributed by atoms with Gasteiger partial charge in [-0.1, -0.05) is 54.8 Å². The summed E-state index contributed by atoms with van der Waals surface area (Å²) in [7, 11) is 1.60. The number of carbonyl (C=O) groups is 2. The molecule has 0 radical (unpaired) electrons. The number of rotatable bonds is 8. The molecule has 0 aliphatic heterocycles. The highest BCUT2D eigenvalue weighted by molar-refractivity contribution is 5.96. The Morgan fingerprint density at radius 3 is 2.36 bits per heavy atom. The Kier molecular flexibility index (Phi) is 7.13. The summed E-state index contributed by atoms with van der Waals surface area (Å²) >= 11 is 0. The van der Waals surface area contributed by atoms with Crippen molar-refractivity contribution in [1.82, 2.24) is 10.2 Å². The molecule has 0 saturated heterocycles. The molecule has 1 atom stereocenters. The third-order valence-corrected chi connectivity index (χ3v) is 6.16. The van der Waals surface area contributed by atoms with E-state index in [2.05, 4.69) is 5.32 Å². The third kappa shape index (κ3) is 5.45. The zero-order valence-corrected chi connectivity index (χ0v) is 19.1. The van der Waals surface area contributed by atoms with Crippen LogP contribution >= 0.6 is 0 Å². The molecular formula is C27H30N2O4. The van der Waals surface area contributed by atoms with E-state index >= 15 is 0 Å². The van der Waals surface area contributed by atoms with Crippen molar-refractivity contribution in [3.63, 3.8) is 0 Å². The predicted octanol–water partition coefficient (Wildman–Crippen LogP) is 5.04. The first-order valence-corrected chi connectivity index (χ1v) is 11.4. The van der Waals surface area contributed by atoms with Gasteiger partial charge in [0.2, 0.25) is 5.91 Å². The highest BCUT2D eigenvalue weighted by Gasteiger charge is 2.34. The van der Waals surface area contributed by atoms with Crippen molar-refractivity contribution >= 4 is 11.8 Å². The van der Waals surface area contributed by atoms with E-state index in [0.29, 0.717) is 5.75 Å². The van der Waals surface area contributed by atoms with E-state index in [0.717, 1.165) is 42.4 Å². The number of hydrogen-bond acceptors (Lipinski definition) is 4. The van der Waals surface area contributed by atoms with Crippen LogP contribution in [0.1, 0.15) is 59.0 Å². The number of aryl methyl sites for hydroxylation is 1. The van der Waals surface area contributed by atoms with Gasteiger partial charge >= 0.3 is 0 Å². The molecule has 2 amide bonds. The Hall–Kier alpha value is -3.54. The molecule has 1 heterocycles. The second-order valence-corrected chi connectivity index (χ2v) is 8.56. The van der Waals surface area contributed by atoms with Crippen LogP contribution in [0.5, 0.6) is 5.75 Å². The van der Waals surface area contributed by atoms with E-state index in [4.69, 9.17) is 9.15 Å². The van der Waals surface area contributed by atoms with Crippen LogP contribution in [0, 0.1) is 6.92 Å². The lowest BCUT2D eigenvalue weighted by molar-refractivity contribution is -0.126. The maximum atomic E-state index is 13.6. The van der Waals surface area contributed by atoms with Crippen LogP contribution < -0.4 is 10.1 Å². The summed E-state index contributed by atoms with van der Waals surface area (Å²) in [6, 6.07) is 17.9. The average molecular weight is 447 g/mol. The maximum absolute atomic E-state index is 13.6. The first-order chi connectivity index (χ1) is 16.0. The summed E-state index contributed by atoms with van der Waals surface area (Å²) in [6.07, 6.45) is 5.61. The minimum absolute atomic E-state index is 0.137. The Balaban J connectivity index is 1.73. The second kappa shape index (κ2) is 10.4. The van der Waals surface area contributed by atoms with Gasteiger partial charge in [0.15, 0.2) is 5.76 Å². The fraction of sp³-hybridized carbons (Fsp3) is 0.333. The maximum Gasteiger partial charge on any atom is 0.290 e. The summed E-state index contributed by atoms with van der Waals surface area (Å²) in [5.74, 6) is 0.382. The lowest BCUT2D eigenvalue weighted by Gasteiger charge is -2.32. The molecule has 1 aromatic heterocycles. The molecule has 3 aromatic rings. The Bertz CT molecular complexity index is 1050. The Labute approximate surface area is 194 Å². The number of ether oxygens (including phenoxy) is 1. The van der Waals surface area contributed by atoms with Crippen molar-refractivity contribution in [2.45, 2.75) is 51.2 Å². The van der Waals surface area contributed by atoms with Crippen LogP contribution in [0.3, 0.4) is 0 Å². The molecule has 2 aromatic carbocycles. The molecule has 1 saturated carbocycles. The van der Waals surface area contributed by atoms with Crippen molar-refractivity contribution in [3.8, 4) is 5.75 Å². The number of amides is 2. The summed E-state index contributed by atoms with van der Waals surface area (Å²) in [5.41, 5.74) is 2.79. The lowest BCUT2D eigenvalue weighted by Crippen LogP contribution is -2.45. The van der Waals surface area contributed by atoms with E-state index in [1.807, 2.05) is 55.5 Å². The van der Waals surface area contributed by atoms with E-state index in [1.54, 1.807) is 24.1 Å². The van der Waals surface area contributed by atoms with E-state index in [1.165, 1.54) is 6.26 Å². The van der Waals surface area contributed by atoms with Crippen LogP contribution in [0.25, 0.3) is 0 Å². The molecule has 1 aliphatic rings. The Morgan fingerprint density at radius 2 is 1.76 bits per heavy atom. The Morgan fingerprint density at radius 1 is 1.06 bits per heavy atom. The minimum Gasteiger partial charge on any atom is -0.497 e. The standard InChI is InChI=1S/C27H30N2O4/c1-19-9-11-20(12-10-19)18-29(27(31)24-8-5-17-33-24)25(21-13-15-23(32-2)16-14-21)26(30)28-22-6-3-4-7-22/h5,8-17,22,25H,3-4,6-7,18H2,1-2H3,(H,28,30)/t25-/m1/s1. The zero-order chi connectivity index (χ0) is 23.2. The van der Waals surface area contributed by atoms with Gasteiger partial charge in [-0.3, -0.25) is 9.59 Å². The second-order valence-electron chi connectivity index (χ2n) is 8.56. The molecule has 0 bridgehead atoms. The summed E-state index contributed by atoms with van der Waals surface area (Å²) in [6.45, 7) is 2.29. The first kappa shape index (κ1) is 22.6. The number of furan rings is 1. The average Bonchev–Trinajstić information content (AvgIpc) is 3.54. The smallest absolute Gasteiger partial charge is 0.290 e. The SMILES string of the molecule is COc1ccc([C@H](C(=O)NC2CCCC2)N(Cc2ccc(C)cc2)C(=O)c2ccco2)cc1. The van der Waals surface area contributed by atoms with Gasteiger partial charge in [-0.05, 0) is 55.2 Å². The summed E-state index contributed by atoms with van der Waals surface area (Å²) in [4.78, 5) is 28.8. The van der Waals surface area contributed by atoms with E-state index in [-0.39, 0.29) is 30.2 Å².